The highest BCUT2D eigenvalue weighted by atomic mass is 16.6. The molecular formula is C21H22N6O2. The number of nitrogens with zero attached hydrogens (tertiary/aromatic N) is 6. The molecule has 1 atom stereocenters. The van der Waals surface area contributed by atoms with Crippen molar-refractivity contribution >= 4 is 11.9 Å². The molecule has 0 aliphatic carbocycles. The third kappa shape index (κ3) is 3.10. The lowest BCUT2D eigenvalue weighted by Gasteiger charge is -2.45. The fraction of sp³-hybridized carbons (Fsp3) is 0.333. The number of carbonyl (C=O) groups is 1. The second-order valence-electron chi connectivity index (χ2n) is 7.65. The lowest BCUT2D eigenvalue weighted by atomic mass is 9.88. The van der Waals surface area contributed by atoms with Gasteiger partial charge in [0.15, 0.2) is 11.6 Å². The lowest BCUT2D eigenvalue weighted by Crippen LogP contribution is -2.62. The van der Waals surface area contributed by atoms with Crippen molar-refractivity contribution < 1.29 is 9.53 Å². The molecule has 29 heavy (non-hydrogen) atoms. The van der Waals surface area contributed by atoms with Gasteiger partial charge in [-0.1, -0.05) is 30.3 Å². The molecule has 8 nitrogen and oxygen atoms in total. The Morgan fingerprint density at radius 1 is 1.10 bits per heavy atom. The number of aromatic nitrogens is 4. The van der Waals surface area contributed by atoms with Crippen LogP contribution in [0.2, 0.25) is 0 Å². The standard InChI is InChI=1S/C21H22N6O2/c1-25-10-9-22-19(25)17-7-8-18(24-23-17)26-11-12-27-20(28)29-15-21(27,14-26)13-16-5-3-2-4-6-16/h2-10H,11-15H2,1H3. The summed E-state index contributed by atoms with van der Waals surface area (Å²) < 4.78 is 7.37. The highest BCUT2D eigenvalue weighted by molar-refractivity contribution is 5.72. The molecule has 2 fully saturated rings. The zero-order valence-corrected chi connectivity index (χ0v) is 16.2. The van der Waals surface area contributed by atoms with Crippen LogP contribution in [0.3, 0.4) is 0 Å². The van der Waals surface area contributed by atoms with Crippen molar-refractivity contribution in [1.29, 1.82) is 0 Å². The Bertz CT molecular complexity index is 1020. The maximum Gasteiger partial charge on any atom is 0.410 e. The van der Waals surface area contributed by atoms with Crippen molar-refractivity contribution in [3.8, 4) is 11.5 Å². The zero-order chi connectivity index (χ0) is 19.8. The Hall–Kier alpha value is -3.42. The van der Waals surface area contributed by atoms with Gasteiger partial charge in [-0.05, 0) is 17.7 Å². The normalized spacial score (nSPS) is 21.2. The third-order valence-electron chi connectivity index (χ3n) is 5.74. The summed E-state index contributed by atoms with van der Waals surface area (Å²) in [7, 11) is 1.93. The summed E-state index contributed by atoms with van der Waals surface area (Å²) >= 11 is 0. The predicted octanol–water partition coefficient (Wildman–Crippen LogP) is 2.13. The van der Waals surface area contributed by atoms with E-state index in [4.69, 9.17) is 4.74 Å². The zero-order valence-electron chi connectivity index (χ0n) is 16.2. The minimum Gasteiger partial charge on any atom is -0.447 e. The first-order valence-corrected chi connectivity index (χ1v) is 9.69. The van der Waals surface area contributed by atoms with Crippen LogP contribution in [-0.4, -0.2) is 62.5 Å². The van der Waals surface area contributed by atoms with Gasteiger partial charge in [0.05, 0.1) is 0 Å². The molecule has 3 aromatic rings. The maximum absolute atomic E-state index is 12.3. The maximum atomic E-state index is 12.3. The summed E-state index contributed by atoms with van der Waals surface area (Å²) in [5.41, 5.74) is 1.53. The molecule has 0 radical (unpaired) electrons. The van der Waals surface area contributed by atoms with Gasteiger partial charge in [0, 0.05) is 45.5 Å². The van der Waals surface area contributed by atoms with E-state index < -0.39 is 5.54 Å². The highest BCUT2D eigenvalue weighted by Crippen LogP contribution is 2.33. The number of imidazole rings is 1. The number of benzene rings is 1. The van der Waals surface area contributed by atoms with E-state index in [9.17, 15) is 4.79 Å². The molecule has 148 valence electrons. The number of cyclic esters (lactones) is 1. The van der Waals surface area contributed by atoms with Gasteiger partial charge in [0.25, 0.3) is 0 Å². The van der Waals surface area contributed by atoms with E-state index in [0.29, 0.717) is 26.2 Å². The van der Waals surface area contributed by atoms with E-state index in [1.165, 1.54) is 5.56 Å². The molecule has 1 unspecified atom stereocenters. The Morgan fingerprint density at radius 3 is 2.69 bits per heavy atom. The van der Waals surface area contributed by atoms with Crippen LogP contribution in [0.5, 0.6) is 0 Å². The number of aryl methyl sites for hydroxylation is 1. The summed E-state index contributed by atoms with van der Waals surface area (Å²) in [5.74, 6) is 1.58. The Balaban J connectivity index is 1.41. The van der Waals surface area contributed by atoms with Gasteiger partial charge >= 0.3 is 6.09 Å². The number of carbonyl (C=O) groups excluding carboxylic acids is 1. The van der Waals surface area contributed by atoms with Crippen LogP contribution in [0.4, 0.5) is 10.6 Å². The van der Waals surface area contributed by atoms with Crippen LogP contribution < -0.4 is 4.90 Å². The average molecular weight is 390 g/mol. The van der Waals surface area contributed by atoms with Crippen molar-refractivity contribution in [3.63, 3.8) is 0 Å². The second-order valence-corrected chi connectivity index (χ2v) is 7.65. The van der Waals surface area contributed by atoms with E-state index in [-0.39, 0.29) is 6.09 Å². The van der Waals surface area contributed by atoms with Crippen LogP contribution >= 0.6 is 0 Å². The molecule has 0 spiro atoms. The van der Waals surface area contributed by atoms with Crippen LogP contribution in [-0.2, 0) is 18.2 Å². The number of fused-ring (bicyclic) bond motifs is 1. The SMILES string of the molecule is Cn1ccnc1-c1ccc(N2CCN3C(=O)OCC3(Cc3ccccc3)C2)nn1. The van der Waals surface area contributed by atoms with Gasteiger partial charge in [0.2, 0.25) is 0 Å². The number of hydrogen-bond acceptors (Lipinski definition) is 6. The Kier molecular flexibility index (Phi) is 4.19. The van der Waals surface area contributed by atoms with Crippen molar-refractivity contribution in [2.45, 2.75) is 12.0 Å². The van der Waals surface area contributed by atoms with Gasteiger partial charge in [-0.25, -0.2) is 9.78 Å². The molecule has 0 saturated carbocycles. The molecule has 1 amide bonds. The molecule has 1 aromatic carbocycles. The van der Waals surface area contributed by atoms with Crippen molar-refractivity contribution in [2.75, 3.05) is 31.1 Å². The van der Waals surface area contributed by atoms with Crippen LogP contribution in [0, 0.1) is 0 Å². The monoisotopic (exact) mass is 390 g/mol. The smallest absolute Gasteiger partial charge is 0.410 e. The van der Waals surface area contributed by atoms with E-state index in [1.807, 2.05) is 53.0 Å². The summed E-state index contributed by atoms with van der Waals surface area (Å²) in [4.78, 5) is 20.7. The number of hydrogen-bond donors (Lipinski definition) is 0. The minimum atomic E-state index is -0.392. The molecule has 0 N–H and O–H groups in total. The quantitative estimate of drug-likeness (QED) is 0.679. The third-order valence-corrected chi connectivity index (χ3v) is 5.74. The molecular weight excluding hydrogens is 368 g/mol. The topological polar surface area (TPSA) is 76.4 Å². The lowest BCUT2D eigenvalue weighted by molar-refractivity contribution is 0.140. The van der Waals surface area contributed by atoms with Gasteiger partial charge in [0.1, 0.15) is 17.8 Å². The van der Waals surface area contributed by atoms with Gasteiger partial charge in [-0.3, -0.25) is 4.90 Å². The molecule has 8 heteroatoms. The number of ether oxygens (including phenoxy) is 1. The summed E-state index contributed by atoms with van der Waals surface area (Å²) in [5, 5.41) is 8.83. The largest absolute Gasteiger partial charge is 0.447 e. The first-order chi connectivity index (χ1) is 14.1. The molecule has 2 aromatic heterocycles. The predicted molar refractivity (Wildman–Crippen MR) is 107 cm³/mol. The van der Waals surface area contributed by atoms with Gasteiger partial charge < -0.3 is 14.2 Å². The van der Waals surface area contributed by atoms with E-state index in [0.717, 1.165) is 23.8 Å². The molecule has 4 heterocycles. The molecule has 2 saturated heterocycles. The second kappa shape index (κ2) is 6.88. The first-order valence-electron chi connectivity index (χ1n) is 9.69. The average Bonchev–Trinajstić information content (AvgIpc) is 3.32. The Labute approximate surface area is 168 Å². The number of anilines is 1. The first kappa shape index (κ1) is 17.7. The highest BCUT2D eigenvalue weighted by Gasteiger charge is 2.51. The van der Waals surface area contributed by atoms with E-state index in [1.54, 1.807) is 6.20 Å². The van der Waals surface area contributed by atoms with Gasteiger partial charge in [-0.2, -0.15) is 0 Å². The molecule has 0 bridgehead atoms. The van der Waals surface area contributed by atoms with Crippen molar-refractivity contribution in [2.24, 2.45) is 7.05 Å². The fourth-order valence-electron chi connectivity index (χ4n) is 4.26. The number of rotatable bonds is 4. The number of piperazine rings is 1. The fourth-order valence-corrected chi connectivity index (χ4v) is 4.26. The molecule has 5 rings (SSSR count). The van der Waals surface area contributed by atoms with Crippen LogP contribution in [0.15, 0.2) is 54.9 Å². The van der Waals surface area contributed by atoms with E-state index in [2.05, 4.69) is 32.2 Å². The molecule has 2 aliphatic heterocycles. The van der Waals surface area contributed by atoms with Crippen LogP contribution in [0.1, 0.15) is 5.56 Å². The molecule has 2 aliphatic rings. The summed E-state index contributed by atoms with van der Waals surface area (Å²) in [6.07, 6.45) is 4.15. The van der Waals surface area contributed by atoms with E-state index >= 15 is 0 Å². The van der Waals surface area contributed by atoms with Crippen molar-refractivity contribution in [3.05, 3.63) is 60.4 Å². The van der Waals surface area contributed by atoms with Gasteiger partial charge in [-0.15, -0.1) is 10.2 Å². The summed E-state index contributed by atoms with van der Waals surface area (Å²) in [6.45, 7) is 2.34. The Morgan fingerprint density at radius 2 is 1.97 bits per heavy atom. The minimum absolute atomic E-state index is 0.225. The van der Waals surface area contributed by atoms with Crippen molar-refractivity contribution in [1.82, 2.24) is 24.6 Å². The van der Waals surface area contributed by atoms with Crippen LogP contribution in [0.25, 0.3) is 11.5 Å². The summed E-state index contributed by atoms with van der Waals surface area (Å²) in [6, 6.07) is 14.2. The number of amides is 1.